The highest BCUT2D eigenvalue weighted by Crippen LogP contribution is 2.21. The van der Waals surface area contributed by atoms with Gasteiger partial charge in [0.25, 0.3) is 0 Å². The Morgan fingerprint density at radius 1 is 1.25 bits per heavy atom. The van der Waals surface area contributed by atoms with Crippen molar-refractivity contribution in [1.29, 1.82) is 0 Å². The summed E-state index contributed by atoms with van der Waals surface area (Å²) in [5.41, 5.74) is 0. The van der Waals surface area contributed by atoms with Crippen LogP contribution in [0.3, 0.4) is 0 Å². The summed E-state index contributed by atoms with van der Waals surface area (Å²) in [4.78, 5) is 6.61. The van der Waals surface area contributed by atoms with Crippen LogP contribution in [-0.4, -0.2) is 27.5 Å². The first-order valence-corrected chi connectivity index (χ1v) is 7.59. The van der Waals surface area contributed by atoms with E-state index in [2.05, 4.69) is 39.7 Å². The molecule has 2 aromatic rings. The Morgan fingerprint density at radius 2 is 2.05 bits per heavy atom. The molecule has 0 aliphatic carbocycles. The lowest BCUT2D eigenvalue weighted by molar-refractivity contribution is 0.157. The molecular formula is C16H23N3O. The number of piperidine rings is 1. The highest BCUT2D eigenvalue weighted by molar-refractivity contribution is 5.07. The Bertz CT molecular complexity index is 510. The van der Waals surface area contributed by atoms with Gasteiger partial charge in [0.05, 0.1) is 12.9 Å². The van der Waals surface area contributed by atoms with E-state index in [0.29, 0.717) is 0 Å². The van der Waals surface area contributed by atoms with Crippen LogP contribution in [0.25, 0.3) is 0 Å². The first kappa shape index (κ1) is 13.4. The minimum atomic E-state index is 0.781. The van der Waals surface area contributed by atoms with Gasteiger partial charge in [0.15, 0.2) is 0 Å². The van der Waals surface area contributed by atoms with Gasteiger partial charge in [-0.3, -0.25) is 4.90 Å². The molecule has 1 fully saturated rings. The number of nitrogens with zero attached hydrogens (tertiary/aromatic N) is 3. The quantitative estimate of drug-likeness (QED) is 0.840. The van der Waals surface area contributed by atoms with Gasteiger partial charge in [-0.2, -0.15) is 0 Å². The predicted molar refractivity (Wildman–Crippen MR) is 78.3 cm³/mol. The third-order valence-corrected chi connectivity index (χ3v) is 4.18. The SMILES string of the molecule is CCc1ccc(CN2CCC(Cn3ccnc3)CC2)o1. The number of aromatic nitrogens is 2. The van der Waals surface area contributed by atoms with Crippen LogP contribution in [0.15, 0.2) is 35.3 Å². The van der Waals surface area contributed by atoms with Gasteiger partial charge in [-0.25, -0.2) is 4.98 Å². The maximum absolute atomic E-state index is 5.79. The Morgan fingerprint density at radius 3 is 2.70 bits per heavy atom. The molecule has 20 heavy (non-hydrogen) atoms. The first-order valence-electron chi connectivity index (χ1n) is 7.59. The van der Waals surface area contributed by atoms with Crippen LogP contribution in [0.2, 0.25) is 0 Å². The zero-order valence-corrected chi connectivity index (χ0v) is 12.2. The van der Waals surface area contributed by atoms with E-state index >= 15 is 0 Å². The molecule has 0 radical (unpaired) electrons. The lowest BCUT2D eigenvalue weighted by Crippen LogP contribution is -2.34. The third kappa shape index (κ3) is 3.31. The lowest BCUT2D eigenvalue weighted by atomic mass is 9.96. The first-order chi connectivity index (χ1) is 9.83. The van der Waals surface area contributed by atoms with Crippen molar-refractivity contribution in [3.63, 3.8) is 0 Å². The van der Waals surface area contributed by atoms with Crippen molar-refractivity contribution in [2.24, 2.45) is 5.92 Å². The van der Waals surface area contributed by atoms with Crippen molar-refractivity contribution in [2.75, 3.05) is 13.1 Å². The molecule has 0 spiro atoms. The van der Waals surface area contributed by atoms with Crippen molar-refractivity contribution in [1.82, 2.24) is 14.5 Å². The van der Waals surface area contributed by atoms with E-state index in [1.807, 2.05) is 12.5 Å². The van der Waals surface area contributed by atoms with E-state index in [4.69, 9.17) is 4.42 Å². The normalized spacial score (nSPS) is 17.6. The van der Waals surface area contributed by atoms with E-state index in [1.54, 1.807) is 0 Å². The minimum absolute atomic E-state index is 0.781. The second-order valence-electron chi connectivity index (χ2n) is 5.70. The van der Waals surface area contributed by atoms with Crippen molar-refractivity contribution in [3.05, 3.63) is 42.4 Å². The molecule has 0 bridgehead atoms. The Hall–Kier alpha value is -1.55. The number of imidazole rings is 1. The van der Waals surface area contributed by atoms with Crippen LogP contribution in [0.5, 0.6) is 0 Å². The topological polar surface area (TPSA) is 34.2 Å². The third-order valence-electron chi connectivity index (χ3n) is 4.18. The fourth-order valence-electron chi connectivity index (χ4n) is 2.94. The van der Waals surface area contributed by atoms with Crippen LogP contribution in [0.1, 0.15) is 31.3 Å². The molecule has 108 valence electrons. The summed E-state index contributed by atoms with van der Waals surface area (Å²) in [6.07, 6.45) is 9.34. The summed E-state index contributed by atoms with van der Waals surface area (Å²) in [6, 6.07) is 4.22. The van der Waals surface area contributed by atoms with Crippen molar-refractivity contribution >= 4 is 0 Å². The Kier molecular flexibility index (Phi) is 4.21. The molecule has 0 N–H and O–H groups in total. The van der Waals surface area contributed by atoms with Gasteiger partial charge in [0, 0.05) is 25.4 Å². The minimum Gasteiger partial charge on any atom is -0.465 e. The summed E-state index contributed by atoms with van der Waals surface area (Å²) >= 11 is 0. The number of likely N-dealkylation sites (tertiary alicyclic amines) is 1. The van der Waals surface area contributed by atoms with Crippen LogP contribution in [0.4, 0.5) is 0 Å². The van der Waals surface area contributed by atoms with Crippen molar-refractivity contribution < 1.29 is 4.42 Å². The summed E-state index contributed by atoms with van der Waals surface area (Å²) in [6.45, 7) is 6.53. The molecule has 3 heterocycles. The van der Waals surface area contributed by atoms with Crippen molar-refractivity contribution in [3.8, 4) is 0 Å². The fraction of sp³-hybridized carbons (Fsp3) is 0.562. The maximum Gasteiger partial charge on any atom is 0.118 e. The van der Waals surface area contributed by atoms with E-state index < -0.39 is 0 Å². The number of hydrogen-bond acceptors (Lipinski definition) is 3. The van der Waals surface area contributed by atoms with E-state index in [0.717, 1.165) is 36.9 Å². The molecule has 0 unspecified atom stereocenters. The molecule has 3 rings (SSSR count). The molecule has 4 heteroatoms. The van der Waals surface area contributed by atoms with Gasteiger partial charge in [0.2, 0.25) is 0 Å². The van der Waals surface area contributed by atoms with Crippen molar-refractivity contribution in [2.45, 2.75) is 39.3 Å². The summed E-state index contributed by atoms with van der Waals surface area (Å²) in [7, 11) is 0. The second kappa shape index (κ2) is 6.27. The average molecular weight is 273 g/mol. The highest BCUT2D eigenvalue weighted by atomic mass is 16.3. The summed E-state index contributed by atoms with van der Waals surface area (Å²) in [5, 5.41) is 0. The monoisotopic (exact) mass is 273 g/mol. The molecule has 0 amide bonds. The average Bonchev–Trinajstić information content (AvgIpc) is 3.12. The molecule has 4 nitrogen and oxygen atoms in total. The molecule has 1 aliphatic rings. The highest BCUT2D eigenvalue weighted by Gasteiger charge is 2.20. The maximum atomic E-state index is 5.79. The molecule has 0 saturated carbocycles. The largest absolute Gasteiger partial charge is 0.465 e. The van der Waals surface area contributed by atoms with Gasteiger partial charge in [0.1, 0.15) is 11.5 Å². The summed E-state index contributed by atoms with van der Waals surface area (Å²) < 4.78 is 7.99. The molecular weight excluding hydrogens is 250 g/mol. The molecule has 0 atom stereocenters. The van der Waals surface area contributed by atoms with Gasteiger partial charge in [-0.1, -0.05) is 6.92 Å². The standard InChI is InChI=1S/C16H23N3O/c1-2-15-3-4-16(20-15)12-18-8-5-14(6-9-18)11-19-10-7-17-13-19/h3-4,7,10,13-14H,2,5-6,8-9,11-12H2,1H3. The summed E-state index contributed by atoms with van der Waals surface area (Å²) in [5.74, 6) is 2.98. The van der Waals surface area contributed by atoms with Gasteiger partial charge in [-0.15, -0.1) is 0 Å². The molecule has 0 aromatic carbocycles. The lowest BCUT2D eigenvalue weighted by Gasteiger charge is -2.31. The zero-order valence-electron chi connectivity index (χ0n) is 12.2. The second-order valence-corrected chi connectivity index (χ2v) is 5.70. The van der Waals surface area contributed by atoms with E-state index in [1.165, 1.54) is 25.9 Å². The van der Waals surface area contributed by atoms with Crippen LogP contribution < -0.4 is 0 Å². The predicted octanol–water partition coefficient (Wildman–Crippen LogP) is 2.95. The molecule has 1 aliphatic heterocycles. The van der Waals surface area contributed by atoms with Crippen LogP contribution in [-0.2, 0) is 19.5 Å². The van der Waals surface area contributed by atoms with E-state index in [9.17, 15) is 0 Å². The molecule has 2 aromatic heterocycles. The smallest absolute Gasteiger partial charge is 0.118 e. The molecule has 1 saturated heterocycles. The van der Waals surface area contributed by atoms with Crippen LogP contribution in [0, 0.1) is 5.92 Å². The Balaban J connectivity index is 1.46. The van der Waals surface area contributed by atoms with Gasteiger partial charge in [-0.05, 0) is 44.0 Å². The van der Waals surface area contributed by atoms with Gasteiger partial charge < -0.3 is 8.98 Å². The number of rotatable bonds is 5. The van der Waals surface area contributed by atoms with E-state index in [-0.39, 0.29) is 0 Å². The van der Waals surface area contributed by atoms with Gasteiger partial charge >= 0.3 is 0 Å². The number of hydrogen-bond donors (Lipinski definition) is 0. The number of aryl methyl sites for hydroxylation is 1. The van der Waals surface area contributed by atoms with Crippen LogP contribution >= 0.6 is 0 Å². The zero-order chi connectivity index (χ0) is 13.8. The number of furan rings is 1. The Labute approximate surface area is 120 Å². The fourth-order valence-corrected chi connectivity index (χ4v) is 2.94.